The van der Waals surface area contributed by atoms with E-state index in [-0.39, 0.29) is 12.2 Å². The van der Waals surface area contributed by atoms with Crippen molar-refractivity contribution in [2.45, 2.75) is 52.1 Å². The van der Waals surface area contributed by atoms with Gasteiger partial charge in [-0.25, -0.2) is 0 Å². The zero-order valence-corrected chi connectivity index (χ0v) is 10.2. The van der Waals surface area contributed by atoms with Crippen molar-refractivity contribution >= 4 is 0 Å². The second kappa shape index (κ2) is 4.50. The van der Waals surface area contributed by atoms with Crippen LogP contribution in [0, 0.1) is 5.92 Å². The normalized spacial score (nSPS) is 34.8. The van der Waals surface area contributed by atoms with Gasteiger partial charge in [0.05, 0.1) is 12.2 Å². The summed E-state index contributed by atoms with van der Waals surface area (Å²) in [7, 11) is 0. The van der Waals surface area contributed by atoms with Crippen molar-refractivity contribution in [1.82, 2.24) is 0 Å². The first-order valence-electron chi connectivity index (χ1n) is 5.49. The smallest absolute Gasteiger partial charge is 0.163 e. The van der Waals surface area contributed by atoms with Gasteiger partial charge in [-0.3, -0.25) is 0 Å². The van der Waals surface area contributed by atoms with Crippen molar-refractivity contribution in [2.75, 3.05) is 0 Å². The fourth-order valence-corrected chi connectivity index (χ4v) is 2.08. The summed E-state index contributed by atoms with van der Waals surface area (Å²) in [6.07, 6.45) is 3.02. The lowest BCUT2D eigenvalue weighted by Crippen LogP contribution is -2.50. The molecule has 86 valence electrons. The predicted molar refractivity (Wildman–Crippen MR) is 62.6 cm³/mol. The van der Waals surface area contributed by atoms with Gasteiger partial charge in [-0.05, 0) is 27.2 Å². The number of hydrogen-bond acceptors (Lipinski definition) is 2. The molecule has 3 atom stereocenters. The molecule has 1 saturated heterocycles. The van der Waals surface area contributed by atoms with E-state index < -0.39 is 5.79 Å². The maximum atomic E-state index is 5.87. The Hall–Kier alpha value is -0.600. The average molecular weight is 210 g/mol. The predicted octanol–water partition coefficient (Wildman–Crippen LogP) is 3.29. The van der Waals surface area contributed by atoms with Crippen LogP contribution < -0.4 is 0 Å². The summed E-state index contributed by atoms with van der Waals surface area (Å²) in [5.74, 6) is -0.197. The van der Waals surface area contributed by atoms with Crippen LogP contribution in [-0.4, -0.2) is 18.0 Å². The molecule has 0 saturated carbocycles. The number of ether oxygens (including phenoxy) is 2. The van der Waals surface area contributed by atoms with Gasteiger partial charge >= 0.3 is 0 Å². The molecule has 2 heteroatoms. The van der Waals surface area contributed by atoms with E-state index in [2.05, 4.69) is 20.1 Å². The van der Waals surface area contributed by atoms with Crippen LogP contribution in [0.4, 0.5) is 0 Å². The Balaban J connectivity index is 2.83. The van der Waals surface area contributed by atoms with E-state index in [1.807, 2.05) is 26.8 Å². The van der Waals surface area contributed by atoms with Gasteiger partial charge in [-0.15, -0.1) is 6.58 Å². The van der Waals surface area contributed by atoms with E-state index >= 15 is 0 Å². The summed E-state index contributed by atoms with van der Waals surface area (Å²) < 4.78 is 11.7. The molecule has 0 aliphatic carbocycles. The van der Waals surface area contributed by atoms with Crippen LogP contribution in [0.25, 0.3) is 0 Å². The average Bonchev–Trinajstić information content (AvgIpc) is 2.10. The third-order valence-corrected chi connectivity index (χ3v) is 2.79. The van der Waals surface area contributed by atoms with E-state index in [9.17, 15) is 0 Å². The van der Waals surface area contributed by atoms with Gasteiger partial charge in [0.15, 0.2) is 5.79 Å². The van der Waals surface area contributed by atoms with Crippen molar-refractivity contribution in [1.29, 1.82) is 0 Å². The van der Waals surface area contributed by atoms with E-state index in [4.69, 9.17) is 9.47 Å². The highest BCUT2D eigenvalue weighted by molar-refractivity contribution is 5.04. The van der Waals surface area contributed by atoms with Crippen molar-refractivity contribution in [3.05, 3.63) is 24.8 Å². The van der Waals surface area contributed by atoms with Crippen LogP contribution in [0.15, 0.2) is 24.8 Å². The maximum absolute atomic E-state index is 5.87. The van der Waals surface area contributed by atoms with E-state index in [0.717, 1.165) is 12.0 Å². The van der Waals surface area contributed by atoms with Gasteiger partial charge in [0, 0.05) is 5.92 Å². The minimum absolute atomic E-state index is 0.0821. The largest absolute Gasteiger partial charge is 0.347 e. The maximum Gasteiger partial charge on any atom is 0.163 e. The lowest BCUT2D eigenvalue weighted by molar-refractivity contribution is -0.310. The highest BCUT2D eigenvalue weighted by Crippen LogP contribution is 2.35. The van der Waals surface area contributed by atoms with E-state index in [1.54, 1.807) is 0 Å². The molecule has 15 heavy (non-hydrogen) atoms. The van der Waals surface area contributed by atoms with Crippen LogP contribution in [-0.2, 0) is 9.47 Å². The summed E-state index contributed by atoms with van der Waals surface area (Å²) in [4.78, 5) is 0. The van der Waals surface area contributed by atoms with Crippen LogP contribution >= 0.6 is 0 Å². The number of hydrogen-bond donors (Lipinski definition) is 0. The summed E-state index contributed by atoms with van der Waals surface area (Å²) >= 11 is 0. The molecule has 1 fully saturated rings. The molecule has 0 bridgehead atoms. The molecule has 1 aliphatic rings. The lowest BCUT2D eigenvalue weighted by Gasteiger charge is -2.45. The molecule has 0 unspecified atom stereocenters. The molecule has 0 amide bonds. The highest BCUT2D eigenvalue weighted by atomic mass is 16.7. The Morgan fingerprint density at radius 1 is 1.40 bits per heavy atom. The Labute approximate surface area is 93.0 Å². The van der Waals surface area contributed by atoms with Gasteiger partial charge < -0.3 is 9.47 Å². The molecule has 0 aromatic carbocycles. The summed E-state index contributed by atoms with van der Waals surface area (Å²) in [6.45, 7) is 15.8. The molecule has 0 aromatic rings. The molecule has 0 radical (unpaired) electrons. The fraction of sp³-hybridized carbons (Fsp3) is 0.692. The summed E-state index contributed by atoms with van der Waals surface area (Å²) in [5, 5.41) is 0. The second-order valence-corrected chi connectivity index (χ2v) is 4.82. The minimum atomic E-state index is -0.524. The van der Waals surface area contributed by atoms with Gasteiger partial charge in [0.1, 0.15) is 0 Å². The Bertz CT molecular complexity index is 255. The minimum Gasteiger partial charge on any atom is -0.347 e. The van der Waals surface area contributed by atoms with Gasteiger partial charge in [-0.1, -0.05) is 25.2 Å². The van der Waals surface area contributed by atoms with Crippen LogP contribution in [0.5, 0.6) is 0 Å². The molecule has 1 rings (SSSR count). The van der Waals surface area contributed by atoms with E-state index in [0.29, 0.717) is 5.92 Å². The zero-order valence-electron chi connectivity index (χ0n) is 10.2. The first-order chi connectivity index (χ1) is 6.87. The van der Waals surface area contributed by atoms with Crippen molar-refractivity contribution < 1.29 is 9.47 Å². The Kier molecular flexibility index (Phi) is 3.74. The molecule has 0 N–H and O–H groups in total. The number of rotatable bonds is 3. The Morgan fingerprint density at radius 2 is 2.00 bits per heavy atom. The lowest BCUT2D eigenvalue weighted by atomic mass is 9.90. The molecule has 1 heterocycles. The van der Waals surface area contributed by atoms with Gasteiger partial charge in [-0.2, -0.15) is 0 Å². The van der Waals surface area contributed by atoms with Gasteiger partial charge in [0.2, 0.25) is 0 Å². The van der Waals surface area contributed by atoms with Crippen molar-refractivity contribution in [3.8, 4) is 0 Å². The molecule has 0 aromatic heterocycles. The molecular formula is C13H22O2. The molecule has 0 spiro atoms. The third kappa shape index (κ3) is 2.93. The third-order valence-electron chi connectivity index (χ3n) is 2.79. The SMILES string of the molecule is C=CC[C@@H]1OC(C)(C)O[C@@H](C(=C)C)[C@H]1C. The van der Waals surface area contributed by atoms with Crippen LogP contribution in [0.3, 0.4) is 0 Å². The monoisotopic (exact) mass is 210 g/mol. The zero-order chi connectivity index (χ0) is 11.6. The topological polar surface area (TPSA) is 18.5 Å². The van der Waals surface area contributed by atoms with E-state index in [1.165, 1.54) is 0 Å². The second-order valence-electron chi connectivity index (χ2n) is 4.82. The summed E-state index contributed by atoms with van der Waals surface area (Å²) in [6, 6.07) is 0. The quantitative estimate of drug-likeness (QED) is 0.665. The first kappa shape index (κ1) is 12.5. The standard InChI is InChI=1S/C13H22O2/c1-7-8-11-10(4)12(9(2)3)15-13(5,6)14-11/h7,10-12H,1-2,8H2,3-6H3/t10-,11-,12-/m0/s1. The molecular weight excluding hydrogens is 188 g/mol. The van der Waals surface area contributed by atoms with Gasteiger partial charge in [0.25, 0.3) is 0 Å². The fourth-order valence-electron chi connectivity index (χ4n) is 2.08. The highest BCUT2D eigenvalue weighted by Gasteiger charge is 2.40. The van der Waals surface area contributed by atoms with Crippen molar-refractivity contribution in [2.24, 2.45) is 5.92 Å². The molecule has 2 nitrogen and oxygen atoms in total. The Morgan fingerprint density at radius 3 is 2.47 bits per heavy atom. The van der Waals surface area contributed by atoms with Crippen molar-refractivity contribution in [3.63, 3.8) is 0 Å². The van der Waals surface area contributed by atoms with Crippen LogP contribution in [0.1, 0.15) is 34.1 Å². The summed E-state index contributed by atoms with van der Waals surface area (Å²) in [5.41, 5.74) is 1.06. The molecule has 1 aliphatic heterocycles. The van der Waals surface area contributed by atoms with Crippen LogP contribution in [0.2, 0.25) is 0 Å². The first-order valence-corrected chi connectivity index (χ1v) is 5.49.